The van der Waals surface area contributed by atoms with Crippen LogP contribution in [-0.4, -0.2) is 65.0 Å². The standard InChI is InChI=1S/C21H27N5O2S/c1-3-16-5-6-17-19(15-16)29-21(22-17)26(20(27)18-7-10-24(2)23-18)9-4-8-25-11-13-28-14-12-25/h5-7,10,15H,3-4,8-9,11-14H2,1-2H3. The van der Waals surface area contributed by atoms with Crippen LogP contribution in [-0.2, 0) is 18.2 Å². The first kappa shape index (κ1) is 20.0. The van der Waals surface area contributed by atoms with Gasteiger partial charge < -0.3 is 4.74 Å². The second-order valence-corrected chi connectivity index (χ2v) is 8.30. The van der Waals surface area contributed by atoms with Crippen LogP contribution < -0.4 is 4.90 Å². The normalized spacial score (nSPS) is 15.1. The Hall–Kier alpha value is -2.29. The van der Waals surface area contributed by atoms with Crippen LogP contribution in [0.4, 0.5) is 5.13 Å². The molecule has 0 atom stereocenters. The first-order valence-electron chi connectivity index (χ1n) is 10.1. The van der Waals surface area contributed by atoms with Gasteiger partial charge in [-0.3, -0.25) is 19.3 Å². The molecule has 0 spiro atoms. The van der Waals surface area contributed by atoms with E-state index in [4.69, 9.17) is 9.72 Å². The molecule has 1 aliphatic heterocycles. The van der Waals surface area contributed by atoms with Gasteiger partial charge in [0.25, 0.3) is 5.91 Å². The van der Waals surface area contributed by atoms with Crippen molar-refractivity contribution in [3.63, 3.8) is 0 Å². The van der Waals surface area contributed by atoms with Gasteiger partial charge in [-0.2, -0.15) is 5.10 Å². The first-order valence-corrected chi connectivity index (χ1v) is 11.0. The zero-order chi connectivity index (χ0) is 20.2. The highest BCUT2D eigenvalue weighted by molar-refractivity contribution is 7.22. The van der Waals surface area contributed by atoms with Gasteiger partial charge in [0, 0.05) is 39.4 Å². The number of ether oxygens (including phenoxy) is 1. The number of hydrogen-bond donors (Lipinski definition) is 0. The van der Waals surface area contributed by atoms with E-state index in [1.54, 1.807) is 33.2 Å². The summed E-state index contributed by atoms with van der Waals surface area (Å²) in [5.74, 6) is -0.0950. The zero-order valence-electron chi connectivity index (χ0n) is 17.0. The van der Waals surface area contributed by atoms with Gasteiger partial charge >= 0.3 is 0 Å². The summed E-state index contributed by atoms with van der Waals surface area (Å²) in [7, 11) is 1.82. The quantitative estimate of drug-likeness (QED) is 0.596. The molecular weight excluding hydrogens is 386 g/mol. The number of morpholine rings is 1. The summed E-state index contributed by atoms with van der Waals surface area (Å²) in [5.41, 5.74) is 2.67. The monoisotopic (exact) mass is 413 g/mol. The van der Waals surface area contributed by atoms with Crippen molar-refractivity contribution in [2.24, 2.45) is 7.05 Å². The Labute approximate surface area is 174 Å². The molecule has 29 heavy (non-hydrogen) atoms. The van der Waals surface area contributed by atoms with Crippen LogP contribution in [0.3, 0.4) is 0 Å². The third kappa shape index (κ3) is 4.66. The minimum atomic E-state index is -0.0950. The first-order chi connectivity index (χ1) is 14.1. The number of aromatic nitrogens is 3. The zero-order valence-corrected chi connectivity index (χ0v) is 17.8. The molecule has 1 aromatic carbocycles. The van der Waals surface area contributed by atoms with Crippen LogP contribution in [0.5, 0.6) is 0 Å². The van der Waals surface area contributed by atoms with E-state index in [0.29, 0.717) is 12.2 Å². The number of benzene rings is 1. The second-order valence-electron chi connectivity index (χ2n) is 7.29. The smallest absolute Gasteiger partial charge is 0.280 e. The van der Waals surface area contributed by atoms with Crippen molar-refractivity contribution in [2.75, 3.05) is 44.3 Å². The summed E-state index contributed by atoms with van der Waals surface area (Å²) in [4.78, 5) is 22.2. The molecular formula is C21H27N5O2S. The van der Waals surface area contributed by atoms with Gasteiger partial charge in [-0.05, 0) is 36.6 Å². The molecule has 3 heterocycles. The van der Waals surface area contributed by atoms with Gasteiger partial charge in [0.05, 0.1) is 23.4 Å². The van der Waals surface area contributed by atoms with E-state index >= 15 is 0 Å². The third-order valence-electron chi connectivity index (χ3n) is 5.22. The van der Waals surface area contributed by atoms with Crippen LogP contribution in [0.25, 0.3) is 10.2 Å². The summed E-state index contributed by atoms with van der Waals surface area (Å²) >= 11 is 1.58. The van der Waals surface area contributed by atoms with Crippen molar-refractivity contribution in [1.82, 2.24) is 19.7 Å². The Morgan fingerprint density at radius 2 is 2.10 bits per heavy atom. The molecule has 1 amide bonds. The molecule has 0 N–H and O–H groups in total. The Morgan fingerprint density at radius 3 is 2.83 bits per heavy atom. The van der Waals surface area contributed by atoms with Gasteiger partial charge in [-0.25, -0.2) is 4.98 Å². The molecule has 8 heteroatoms. The van der Waals surface area contributed by atoms with E-state index in [-0.39, 0.29) is 5.91 Å². The summed E-state index contributed by atoms with van der Waals surface area (Å²) in [6.07, 6.45) is 3.67. The van der Waals surface area contributed by atoms with Crippen LogP contribution in [0.2, 0.25) is 0 Å². The lowest BCUT2D eigenvalue weighted by molar-refractivity contribution is 0.0376. The van der Waals surface area contributed by atoms with Crippen LogP contribution >= 0.6 is 11.3 Å². The molecule has 2 aromatic heterocycles. The lowest BCUT2D eigenvalue weighted by Crippen LogP contribution is -2.39. The van der Waals surface area contributed by atoms with Crippen molar-refractivity contribution >= 4 is 32.6 Å². The average molecular weight is 414 g/mol. The SMILES string of the molecule is CCc1ccc2nc(N(CCCN3CCOCC3)C(=O)c3ccn(C)n3)sc2c1. The predicted octanol–water partition coefficient (Wildman–Crippen LogP) is 2.96. The third-order valence-corrected chi connectivity index (χ3v) is 6.26. The minimum Gasteiger partial charge on any atom is -0.379 e. The summed E-state index contributed by atoms with van der Waals surface area (Å²) in [6, 6.07) is 8.09. The summed E-state index contributed by atoms with van der Waals surface area (Å²) in [5, 5.41) is 5.05. The van der Waals surface area contributed by atoms with Gasteiger partial charge in [-0.15, -0.1) is 0 Å². The number of rotatable bonds is 7. The number of amides is 1. The van der Waals surface area contributed by atoms with E-state index in [9.17, 15) is 4.79 Å². The molecule has 0 unspecified atom stereocenters. The Bertz CT molecular complexity index is 977. The van der Waals surface area contributed by atoms with Crippen LogP contribution in [0.15, 0.2) is 30.5 Å². The number of aryl methyl sites for hydroxylation is 2. The van der Waals surface area contributed by atoms with E-state index < -0.39 is 0 Å². The highest BCUT2D eigenvalue weighted by Crippen LogP contribution is 2.30. The lowest BCUT2D eigenvalue weighted by Gasteiger charge is -2.27. The molecule has 1 saturated heterocycles. The van der Waals surface area contributed by atoms with Crippen molar-refractivity contribution in [3.05, 3.63) is 41.7 Å². The molecule has 154 valence electrons. The highest BCUT2D eigenvalue weighted by atomic mass is 32.1. The van der Waals surface area contributed by atoms with Crippen molar-refractivity contribution in [1.29, 1.82) is 0 Å². The van der Waals surface area contributed by atoms with Gasteiger partial charge in [0.2, 0.25) is 0 Å². The maximum absolute atomic E-state index is 13.2. The topological polar surface area (TPSA) is 63.5 Å². The molecule has 0 radical (unpaired) electrons. The Balaban J connectivity index is 1.56. The number of hydrogen-bond acceptors (Lipinski definition) is 6. The van der Waals surface area contributed by atoms with E-state index in [0.717, 1.165) is 61.0 Å². The van der Waals surface area contributed by atoms with Gasteiger partial charge in [0.15, 0.2) is 10.8 Å². The molecule has 1 aliphatic rings. The van der Waals surface area contributed by atoms with E-state index in [1.165, 1.54) is 5.56 Å². The lowest BCUT2D eigenvalue weighted by atomic mass is 10.2. The molecule has 1 fully saturated rings. The van der Waals surface area contributed by atoms with Crippen LogP contribution in [0, 0.1) is 0 Å². The molecule has 0 saturated carbocycles. The minimum absolute atomic E-state index is 0.0950. The second kappa shape index (κ2) is 9.02. The van der Waals surface area contributed by atoms with Crippen molar-refractivity contribution < 1.29 is 9.53 Å². The maximum Gasteiger partial charge on any atom is 0.280 e. The fourth-order valence-electron chi connectivity index (χ4n) is 3.52. The fraction of sp³-hybridized carbons (Fsp3) is 0.476. The van der Waals surface area contributed by atoms with Crippen LogP contribution in [0.1, 0.15) is 29.4 Å². The number of carbonyl (C=O) groups excluding carboxylic acids is 1. The average Bonchev–Trinajstić information content (AvgIpc) is 3.37. The van der Waals surface area contributed by atoms with E-state index in [1.807, 2.05) is 13.1 Å². The number of nitrogens with zero attached hydrogens (tertiary/aromatic N) is 5. The Kier molecular flexibility index (Phi) is 6.22. The van der Waals surface area contributed by atoms with E-state index in [2.05, 4.69) is 29.1 Å². The van der Waals surface area contributed by atoms with Crippen molar-refractivity contribution in [3.8, 4) is 0 Å². The number of thiazole rings is 1. The summed E-state index contributed by atoms with van der Waals surface area (Å²) < 4.78 is 8.20. The molecule has 0 bridgehead atoms. The molecule has 0 aliphatic carbocycles. The van der Waals surface area contributed by atoms with Gasteiger partial charge in [0.1, 0.15) is 0 Å². The highest BCUT2D eigenvalue weighted by Gasteiger charge is 2.23. The molecule has 7 nitrogen and oxygen atoms in total. The fourth-order valence-corrected chi connectivity index (χ4v) is 4.57. The predicted molar refractivity (Wildman–Crippen MR) is 116 cm³/mol. The molecule has 3 aromatic rings. The number of anilines is 1. The largest absolute Gasteiger partial charge is 0.379 e. The van der Waals surface area contributed by atoms with Crippen molar-refractivity contribution in [2.45, 2.75) is 19.8 Å². The maximum atomic E-state index is 13.2. The molecule has 4 rings (SSSR count). The summed E-state index contributed by atoms with van der Waals surface area (Å²) in [6.45, 7) is 7.19. The Morgan fingerprint density at radius 1 is 1.28 bits per heavy atom. The number of fused-ring (bicyclic) bond motifs is 1. The number of carbonyl (C=O) groups is 1. The van der Waals surface area contributed by atoms with Gasteiger partial charge in [-0.1, -0.05) is 24.3 Å².